The molecule has 3 nitrogen and oxygen atoms in total. The molecule has 0 radical (unpaired) electrons. The fourth-order valence-electron chi connectivity index (χ4n) is 1.99. The van der Waals surface area contributed by atoms with Crippen molar-refractivity contribution in [2.45, 2.75) is 20.3 Å². The summed E-state index contributed by atoms with van der Waals surface area (Å²) in [5.74, 6) is 1.02. The first-order valence-corrected chi connectivity index (χ1v) is 6.81. The molecule has 106 valence electrons. The summed E-state index contributed by atoms with van der Waals surface area (Å²) >= 11 is 0. The minimum Gasteiger partial charge on any atom is -0.497 e. The van der Waals surface area contributed by atoms with Crippen LogP contribution in [0.2, 0.25) is 0 Å². The van der Waals surface area contributed by atoms with Gasteiger partial charge in [0.2, 0.25) is 0 Å². The quantitative estimate of drug-likeness (QED) is 0.780. The summed E-state index contributed by atoms with van der Waals surface area (Å²) in [6.45, 7) is 4.52. The molecule has 2 aromatic rings. The summed E-state index contributed by atoms with van der Waals surface area (Å²) in [6, 6.07) is 11.9. The van der Waals surface area contributed by atoms with Crippen LogP contribution in [0, 0.1) is 5.92 Å². The maximum atomic E-state index is 11.7. The van der Waals surface area contributed by atoms with E-state index >= 15 is 0 Å². The van der Waals surface area contributed by atoms with Crippen LogP contribution in [-0.2, 0) is 16.0 Å². The standard InChI is InChI=1S/C17H20O3/c1-12(2)11-20-17(18)9-13-4-5-15-10-16(19-3)7-6-14(15)8-13/h4-8,10,12H,9,11H2,1-3H3. The van der Waals surface area contributed by atoms with E-state index in [9.17, 15) is 4.79 Å². The lowest BCUT2D eigenvalue weighted by atomic mass is 10.0. The van der Waals surface area contributed by atoms with Crippen LogP contribution < -0.4 is 4.74 Å². The highest BCUT2D eigenvalue weighted by atomic mass is 16.5. The van der Waals surface area contributed by atoms with Gasteiger partial charge >= 0.3 is 5.97 Å². The zero-order valence-corrected chi connectivity index (χ0v) is 12.2. The van der Waals surface area contributed by atoms with E-state index in [2.05, 4.69) is 0 Å². The van der Waals surface area contributed by atoms with Crippen molar-refractivity contribution in [3.05, 3.63) is 42.0 Å². The van der Waals surface area contributed by atoms with E-state index in [-0.39, 0.29) is 5.97 Å². The van der Waals surface area contributed by atoms with Crippen LogP contribution >= 0.6 is 0 Å². The minimum absolute atomic E-state index is 0.174. The van der Waals surface area contributed by atoms with Crippen molar-refractivity contribution >= 4 is 16.7 Å². The van der Waals surface area contributed by atoms with Crippen LogP contribution in [0.1, 0.15) is 19.4 Å². The van der Waals surface area contributed by atoms with Crippen molar-refractivity contribution in [3.8, 4) is 5.75 Å². The number of rotatable bonds is 5. The zero-order chi connectivity index (χ0) is 14.5. The molecule has 0 bridgehead atoms. The predicted molar refractivity (Wildman–Crippen MR) is 80.0 cm³/mol. The fraction of sp³-hybridized carbons (Fsp3) is 0.353. The molecule has 2 aromatic carbocycles. The number of benzene rings is 2. The van der Waals surface area contributed by atoms with E-state index in [0.29, 0.717) is 18.9 Å². The Balaban J connectivity index is 2.10. The molecule has 0 atom stereocenters. The van der Waals surface area contributed by atoms with Crippen molar-refractivity contribution in [2.24, 2.45) is 5.92 Å². The summed E-state index contributed by atoms with van der Waals surface area (Å²) in [5, 5.41) is 2.20. The van der Waals surface area contributed by atoms with E-state index < -0.39 is 0 Å². The average Bonchev–Trinajstić information content (AvgIpc) is 2.44. The third kappa shape index (κ3) is 3.73. The average molecular weight is 272 g/mol. The molecular formula is C17H20O3. The molecule has 0 aliphatic carbocycles. The van der Waals surface area contributed by atoms with Crippen LogP contribution in [0.3, 0.4) is 0 Å². The van der Waals surface area contributed by atoms with Gasteiger partial charge in [-0.1, -0.05) is 38.1 Å². The van der Waals surface area contributed by atoms with Crippen molar-refractivity contribution in [1.82, 2.24) is 0 Å². The van der Waals surface area contributed by atoms with Crippen molar-refractivity contribution in [1.29, 1.82) is 0 Å². The van der Waals surface area contributed by atoms with Crippen LogP contribution in [0.4, 0.5) is 0 Å². The van der Waals surface area contributed by atoms with Gasteiger partial charge < -0.3 is 9.47 Å². The molecule has 20 heavy (non-hydrogen) atoms. The first-order valence-electron chi connectivity index (χ1n) is 6.81. The number of esters is 1. The summed E-state index contributed by atoms with van der Waals surface area (Å²) in [5.41, 5.74) is 0.969. The summed E-state index contributed by atoms with van der Waals surface area (Å²) in [7, 11) is 1.65. The number of fused-ring (bicyclic) bond motifs is 1. The van der Waals surface area contributed by atoms with Crippen molar-refractivity contribution in [2.75, 3.05) is 13.7 Å². The Kier molecular flexibility index (Phi) is 4.61. The Bertz CT molecular complexity index is 602. The first kappa shape index (κ1) is 14.4. The highest BCUT2D eigenvalue weighted by molar-refractivity contribution is 5.85. The minimum atomic E-state index is -0.174. The molecule has 0 fully saturated rings. The molecule has 0 spiro atoms. The van der Waals surface area contributed by atoms with Gasteiger partial charge in [0.1, 0.15) is 5.75 Å². The van der Waals surface area contributed by atoms with Crippen LogP contribution in [0.15, 0.2) is 36.4 Å². The van der Waals surface area contributed by atoms with E-state index in [4.69, 9.17) is 9.47 Å². The Labute approximate surface area is 119 Å². The summed E-state index contributed by atoms with van der Waals surface area (Å²) < 4.78 is 10.4. The maximum Gasteiger partial charge on any atom is 0.310 e. The summed E-state index contributed by atoms with van der Waals surface area (Å²) in [6.07, 6.45) is 0.314. The number of methoxy groups -OCH3 is 1. The van der Waals surface area contributed by atoms with Crippen molar-refractivity contribution in [3.63, 3.8) is 0 Å². The Morgan fingerprint density at radius 2 is 1.80 bits per heavy atom. The first-order chi connectivity index (χ1) is 9.58. The van der Waals surface area contributed by atoms with Gasteiger partial charge in [0, 0.05) is 0 Å². The fourth-order valence-corrected chi connectivity index (χ4v) is 1.99. The van der Waals surface area contributed by atoms with E-state index in [1.54, 1.807) is 7.11 Å². The molecule has 0 unspecified atom stereocenters. The molecule has 0 heterocycles. The topological polar surface area (TPSA) is 35.5 Å². The second-order valence-corrected chi connectivity index (χ2v) is 5.30. The molecule has 0 aliphatic rings. The Hall–Kier alpha value is -2.03. The number of carbonyl (C=O) groups excluding carboxylic acids is 1. The molecule has 0 saturated carbocycles. The SMILES string of the molecule is COc1ccc2cc(CC(=O)OCC(C)C)ccc2c1. The van der Waals surface area contributed by atoms with Gasteiger partial charge in [-0.3, -0.25) is 4.79 Å². The molecular weight excluding hydrogens is 252 g/mol. The molecule has 3 heteroatoms. The number of carbonyl (C=O) groups is 1. The monoisotopic (exact) mass is 272 g/mol. The zero-order valence-electron chi connectivity index (χ0n) is 12.2. The molecule has 2 rings (SSSR count). The third-order valence-corrected chi connectivity index (χ3v) is 3.04. The highest BCUT2D eigenvalue weighted by Crippen LogP contribution is 2.22. The van der Waals surface area contributed by atoms with Crippen LogP contribution in [-0.4, -0.2) is 19.7 Å². The van der Waals surface area contributed by atoms with Gasteiger partial charge in [0.25, 0.3) is 0 Å². The van der Waals surface area contributed by atoms with Gasteiger partial charge in [-0.2, -0.15) is 0 Å². The van der Waals surface area contributed by atoms with Gasteiger partial charge in [0.15, 0.2) is 0 Å². The molecule has 0 aliphatic heterocycles. The second kappa shape index (κ2) is 6.42. The maximum absolute atomic E-state index is 11.7. The van der Waals surface area contributed by atoms with E-state index in [1.165, 1.54) is 0 Å². The number of hydrogen-bond acceptors (Lipinski definition) is 3. The van der Waals surface area contributed by atoms with Crippen molar-refractivity contribution < 1.29 is 14.3 Å². The lowest BCUT2D eigenvalue weighted by Gasteiger charge is -2.08. The number of ether oxygens (including phenoxy) is 2. The predicted octanol–water partition coefficient (Wildman–Crippen LogP) is 3.59. The van der Waals surface area contributed by atoms with Gasteiger partial charge in [-0.25, -0.2) is 0 Å². The van der Waals surface area contributed by atoms with E-state index in [0.717, 1.165) is 22.1 Å². The van der Waals surface area contributed by atoms with Gasteiger partial charge in [-0.15, -0.1) is 0 Å². The van der Waals surface area contributed by atoms with Crippen LogP contribution in [0.25, 0.3) is 10.8 Å². The second-order valence-electron chi connectivity index (χ2n) is 5.30. The molecule has 0 N–H and O–H groups in total. The smallest absolute Gasteiger partial charge is 0.310 e. The lowest BCUT2D eigenvalue weighted by Crippen LogP contribution is -2.12. The third-order valence-electron chi connectivity index (χ3n) is 3.04. The Morgan fingerprint density at radius 1 is 1.10 bits per heavy atom. The van der Waals surface area contributed by atoms with Gasteiger partial charge in [0.05, 0.1) is 20.1 Å². The highest BCUT2D eigenvalue weighted by Gasteiger charge is 2.07. The normalized spacial score (nSPS) is 10.8. The summed E-state index contributed by atoms with van der Waals surface area (Å²) in [4.78, 5) is 11.7. The molecule has 0 amide bonds. The van der Waals surface area contributed by atoms with Crippen LogP contribution in [0.5, 0.6) is 5.75 Å². The Morgan fingerprint density at radius 3 is 2.50 bits per heavy atom. The lowest BCUT2D eigenvalue weighted by molar-refractivity contribution is -0.143. The number of hydrogen-bond donors (Lipinski definition) is 0. The largest absolute Gasteiger partial charge is 0.497 e. The van der Waals surface area contributed by atoms with Gasteiger partial charge in [-0.05, 0) is 34.4 Å². The van der Waals surface area contributed by atoms with E-state index in [1.807, 2.05) is 50.2 Å². The molecule has 0 saturated heterocycles. The molecule has 0 aromatic heterocycles.